The van der Waals surface area contributed by atoms with Crippen molar-refractivity contribution in [3.63, 3.8) is 0 Å². The van der Waals surface area contributed by atoms with E-state index in [0.717, 1.165) is 6.54 Å². The van der Waals surface area contributed by atoms with Crippen LogP contribution in [0.5, 0.6) is 0 Å². The van der Waals surface area contributed by atoms with Crippen LogP contribution in [-0.2, 0) is 0 Å². The van der Waals surface area contributed by atoms with Crippen molar-refractivity contribution < 1.29 is 0 Å². The summed E-state index contributed by atoms with van der Waals surface area (Å²) < 4.78 is 0. The number of hydrogen-bond donors (Lipinski definition) is 1. The predicted molar refractivity (Wildman–Crippen MR) is 68.4 cm³/mol. The summed E-state index contributed by atoms with van der Waals surface area (Å²) in [6.07, 6.45) is 5.52. The molecule has 1 heteroatoms. The molecule has 80 valence electrons. The van der Waals surface area contributed by atoms with Crippen molar-refractivity contribution in [2.75, 3.05) is 6.54 Å². The first kappa shape index (κ1) is 9.46. The van der Waals surface area contributed by atoms with Crippen LogP contribution in [0.25, 0.3) is 10.8 Å². The normalized spacial score (nSPS) is 19.6. The molecule has 2 aromatic carbocycles. The lowest BCUT2D eigenvalue weighted by atomic mass is 9.92. The van der Waals surface area contributed by atoms with Gasteiger partial charge in [-0.1, -0.05) is 48.5 Å². The summed E-state index contributed by atoms with van der Waals surface area (Å²) in [4.78, 5) is 0. The number of hydrogen-bond acceptors (Lipinski definition) is 1. The van der Waals surface area contributed by atoms with Gasteiger partial charge in [0.05, 0.1) is 0 Å². The second-order valence-corrected chi connectivity index (χ2v) is 4.31. The molecule has 0 radical (unpaired) electrons. The molecule has 1 aliphatic heterocycles. The van der Waals surface area contributed by atoms with E-state index in [-0.39, 0.29) is 0 Å². The zero-order chi connectivity index (χ0) is 10.8. The predicted octanol–water partition coefficient (Wildman–Crippen LogP) is 3.43. The second-order valence-electron chi connectivity index (χ2n) is 4.31. The minimum absolute atomic E-state index is 0.575. The van der Waals surface area contributed by atoms with Crippen LogP contribution in [0, 0.1) is 0 Å². The Morgan fingerprint density at radius 2 is 1.88 bits per heavy atom. The van der Waals surface area contributed by atoms with E-state index in [0.29, 0.717) is 5.92 Å². The highest BCUT2D eigenvalue weighted by molar-refractivity contribution is 5.83. The average Bonchev–Trinajstić information content (AvgIpc) is 2.39. The van der Waals surface area contributed by atoms with Crippen LogP contribution in [0.1, 0.15) is 17.9 Å². The van der Waals surface area contributed by atoms with Crippen LogP contribution in [0.15, 0.2) is 54.7 Å². The van der Waals surface area contributed by atoms with Gasteiger partial charge in [0.2, 0.25) is 0 Å². The average molecular weight is 209 g/mol. The van der Waals surface area contributed by atoms with Crippen molar-refractivity contribution in [2.24, 2.45) is 0 Å². The smallest absolute Gasteiger partial charge is 0.0150 e. The van der Waals surface area contributed by atoms with Crippen molar-refractivity contribution >= 4 is 10.8 Å². The first-order chi connectivity index (χ1) is 7.93. The van der Waals surface area contributed by atoms with Gasteiger partial charge in [-0.3, -0.25) is 0 Å². The number of allylic oxidation sites excluding steroid dienone is 1. The fraction of sp³-hybridized carbons (Fsp3) is 0.200. The first-order valence-electron chi connectivity index (χ1n) is 5.82. The molecule has 0 saturated heterocycles. The topological polar surface area (TPSA) is 12.0 Å². The van der Waals surface area contributed by atoms with Gasteiger partial charge in [-0.05, 0) is 29.0 Å². The van der Waals surface area contributed by atoms with Crippen LogP contribution in [0.4, 0.5) is 0 Å². The van der Waals surface area contributed by atoms with E-state index in [1.165, 1.54) is 22.8 Å². The Hall–Kier alpha value is -1.76. The third-order valence-corrected chi connectivity index (χ3v) is 3.25. The summed E-state index contributed by atoms with van der Waals surface area (Å²) in [5.41, 5.74) is 1.43. The van der Waals surface area contributed by atoms with Gasteiger partial charge >= 0.3 is 0 Å². The number of nitrogens with one attached hydrogen (secondary N) is 1. The summed E-state index contributed by atoms with van der Waals surface area (Å²) in [6, 6.07) is 15.3. The third kappa shape index (κ3) is 1.69. The maximum atomic E-state index is 3.24. The monoisotopic (exact) mass is 209 g/mol. The SMILES string of the molecule is C1=CC(c2ccc3ccccc3c2)CCN1. The van der Waals surface area contributed by atoms with Gasteiger partial charge in [0.15, 0.2) is 0 Å². The van der Waals surface area contributed by atoms with Crippen molar-refractivity contribution in [3.05, 3.63) is 60.3 Å². The minimum atomic E-state index is 0.575. The summed E-state index contributed by atoms with van der Waals surface area (Å²) in [5.74, 6) is 0.575. The van der Waals surface area contributed by atoms with E-state index in [2.05, 4.69) is 60.1 Å². The molecule has 0 saturated carbocycles. The summed E-state index contributed by atoms with van der Waals surface area (Å²) in [7, 11) is 0. The summed E-state index contributed by atoms with van der Waals surface area (Å²) in [6.45, 7) is 1.08. The maximum Gasteiger partial charge on any atom is 0.0150 e. The van der Waals surface area contributed by atoms with E-state index in [1.807, 2.05) is 0 Å². The Balaban J connectivity index is 2.04. The minimum Gasteiger partial charge on any atom is -0.391 e. The molecule has 1 nitrogen and oxygen atoms in total. The Morgan fingerprint density at radius 1 is 1.00 bits per heavy atom. The highest BCUT2D eigenvalue weighted by Gasteiger charge is 2.10. The van der Waals surface area contributed by atoms with Crippen molar-refractivity contribution in [2.45, 2.75) is 12.3 Å². The molecule has 0 fully saturated rings. The van der Waals surface area contributed by atoms with Gasteiger partial charge in [-0.15, -0.1) is 0 Å². The quantitative estimate of drug-likeness (QED) is 0.758. The van der Waals surface area contributed by atoms with Gasteiger partial charge in [0.1, 0.15) is 0 Å². The Labute approximate surface area is 95.8 Å². The molecule has 1 N–H and O–H groups in total. The van der Waals surface area contributed by atoms with Crippen LogP contribution >= 0.6 is 0 Å². The second kappa shape index (κ2) is 4.01. The fourth-order valence-electron chi connectivity index (χ4n) is 2.32. The van der Waals surface area contributed by atoms with Gasteiger partial charge in [-0.25, -0.2) is 0 Å². The van der Waals surface area contributed by atoms with E-state index >= 15 is 0 Å². The molecular formula is C15H15N. The molecule has 0 aliphatic carbocycles. The first-order valence-corrected chi connectivity index (χ1v) is 5.82. The van der Waals surface area contributed by atoms with E-state index in [1.54, 1.807) is 0 Å². The molecule has 0 spiro atoms. The highest BCUT2D eigenvalue weighted by atomic mass is 14.8. The molecule has 0 aromatic heterocycles. The van der Waals surface area contributed by atoms with E-state index in [9.17, 15) is 0 Å². The van der Waals surface area contributed by atoms with E-state index in [4.69, 9.17) is 0 Å². The maximum absolute atomic E-state index is 3.24. The lowest BCUT2D eigenvalue weighted by Gasteiger charge is -2.18. The highest BCUT2D eigenvalue weighted by Crippen LogP contribution is 2.26. The van der Waals surface area contributed by atoms with Crippen LogP contribution in [-0.4, -0.2) is 6.54 Å². The Kier molecular flexibility index (Phi) is 2.37. The van der Waals surface area contributed by atoms with Gasteiger partial charge in [-0.2, -0.15) is 0 Å². The number of fused-ring (bicyclic) bond motifs is 1. The van der Waals surface area contributed by atoms with Gasteiger partial charge in [0.25, 0.3) is 0 Å². The van der Waals surface area contributed by atoms with E-state index < -0.39 is 0 Å². The lowest BCUT2D eigenvalue weighted by Crippen LogP contribution is -2.15. The molecule has 1 heterocycles. The Bertz CT molecular complexity index is 528. The van der Waals surface area contributed by atoms with Crippen LogP contribution in [0.2, 0.25) is 0 Å². The standard InChI is InChI=1S/C15H15N/c1-2-4-14-11-15(6-5-12(14)3-1)13-7-9-16-10-8-13/h1-7,9,11,13,16H,8,10H2. The van der Waals surface area contributed by atoms with Crippen LogP contribution < -0.4 is 5.32 Å². The molecule has 0 amide bonds. The molecule has 1 atom stereocenters. The molecular weight excluding hydrogens is 194 g/mol. The molecule has 1 aliphatic rings. The van der Waals surface area contributed by atoms with Gasteiger partial charge in [0, 0.05) is 12.5 Å². The number of rotatable bonds is 1. The zero-order valence-electron chi connectivity index (χ0n) is 9.19. The summed E-state index contributed by atoms with van der Waals surface area (Å²) in [5, 5.41) is 5.90. The third-order valence-electron chi connectivity index (χ3n) is 3.25. The summed E-state index contributed by atoms with van der Waals surface area (Å²) >= 11 is 0. The zero-order valence-corrected chi connectivity index (χ0v) is 9.19. The number of benzene rings is 2. The molecule has 3 rings (SSSR count). The largest absolute Gasteiger partial charge is 0.391 e. The van der Waals surface area contributed by atoms with Crippen molar-refractivity contribution in [1.82, 2.24) is 5.32 Å². The fourth-order valence-corrected chi connectivity index (χ4v) is 2.32. The van der Waals surface area contributed by atoms with Crippen molar-refractivity contribution in [1.29, 1.82) is 0 Å². The molecule has 16 heavy (non-hydrogen) atoms. The van der Waals surface area contributed by atoms with Gasteiger partial charge < -0.3 is 5.32 Å². The lowest BCUT2D eigenvalue weighted by molar-refractivity contribution is 0.658. The van der Waals surface area contributed by atoms with Crippen LogP contribution in [0.3, 0.4) is 0 Å². The molecule has 0 bridgehead atoms. The van der Waals surface area contributed by atoms with Crippen molar-refractivity contribution in [3.8, 4) is 0 Å². The molecule has 2 aromatic rings. The molecule has 1 unspecified atom stereocenters. The Morgan fingerprint density at radius 3 is 2.69 bits per heavy atom.